The summed E-state index contributed by atoms with van der Waals surface area (Å²) < 4.78 is 65.8. The molecule has 0 amide bonds. The van der Waals surface area contributed by atoms with Crippen molar-refractivity contribution in [3.05, 3.63) is 48.5 Å². The SMILES string of the molecule is O=C([O-])C1=NN(c2ccc(S(=O)(=O)[O-])cc2)C(O)C1N=Nc1ccc(S(=O)(=O)[O-])cc1.[Na+].[Na+].[Na+]. The van der Waals surface area contributed by atoms with Gasteiger partial charge < -0.3 is 24.1 Å². The van der Waals surface area contributed by atoms with Crippen LogP contribution in [0.15, 0.2) is 73.7 Å². The van der Waals surface area contributed by atoms with Gasteiger partial charge in [-0.05, 0) is 48.5 Å². The Hall–Kier alpha value is -0.240. The van der Waals surface area contributed by atoms with Crippen molar-refractivity contribution in [2.45, 2.75) is 22.1 Å². The second kappa shape index (κ2) is 13.3. The van der Waals surface area contributed by atoms with Crippen LogP contribution in [0.5, 0.6) is 0 Å². The molecular formula is C16H11N4Na3O9S2. The van der Waals surface area contributed by atoms with Crippen molar-refractivity contribution in [3.8, 4) is 0 Å². The van der Waals surface area contributed by atoms with Gasteiger partial charge >= 0.3 is 88.7 Å². The van der Waals surface area contributed by atoms with E-state index in [2.05, 4.69) is 15.3 Å². The molecule has 1 aliphatic heterocycles. The summed E-state index contributed by atoms with van der Waals surface area (Å²) in [6, 6.07) is 6.91. The molecule has 0 fully saturated rings. The van der Waals surface area contributed by atoms with Gasteiger partial charge in [-0.15, -0.1) is 0 Å². The fourth-order valence-corrected chi connectivity index (χ4v) is 3.51. The first-order chi connectivity index (χ1) is 14.4. The zero-order chi connectivity index (χ0) is 23.0. The van der Waals surface area contributed by atoms with Crippen LogP contribution in [0, 0.1) is 0 Å². The monoisotopic (exact) mass is 536 g/mol. The zero-order valence-electron chi connectivity index (χ0n) is 18.1. The number of azo groups is 1. The van der Waals surface area contributed by atoms with Gasteiger partial charge in [0.1, 0.15) is 25.9 Å². The smallest absolute Gasteiger partial charge is 0.744 e. The number of aliphatic hydroxyl groups is 1. The third-order valence-corrected chi connectivity index (χ3v) is 5.75. The molecule has 0 aromatic heterocycles. The Morgan fingerprint density at radius 1 is 0.882 bits per heavy atom. The van der Waals surface area contributed by atoms with E-state index in [-0.39, 0.29) is 100 Å². The van der Waals surface area contributed by atoms with Crippen molar-refractivity contribution in [2.75, 3.05) is 5.01 Å². The number of carbonyl (C=O) groups is 1. The largest absolute Gasteiger partial charge is 1.00 e. The normalized spacial score (nSPS) is 17.9. The van der Waals surface area contributed by atoms with Gasteiger partial charge in [0, 0.05) is 0 Å². The van der Waals surface area contributed by atoms with Gasteiger partial charge in [0.05, 0.1) is 27.1 Å². The van der Waals surface area contributed by atoms with Crippen LogP contribution in [-0.2, 0) is 25.0 Å². The van der Waals surface area contributed by atoms with Crippen LogP contribution < -0.4 is 98.8 Å². The molecule has 34 heavy (non-hydrogen) atoms. The average molecular weight is 536 g/mol. The minimum Gasteiger partial charge on any atom is -0.744 e. The number of benzene rings is 2. The van der Waals surface area contributed by atoms with Gasteiger partial charge in [0.15, 0.2) is 12.3 Å². The van der Waals surface area contributed by atoms with E-state index in [9.17, 15) is 40.9 Å². The molecule has 0 saturated heterocycles. The van der Waals surface area contributed by atoms with Crippen LogP contribution in [-0.4, -0.2) is 55.0 Å². The van der Waals surface area contributed by atoms with Crippen molar-refractivity contribution in [1.29, 1.82) is 0 Å². The van der Waals surface area contributed by atoms with Gasteiger partial charge in [0.25, 0.3) is 0 Å². The molecule has 0 aliphatic carbocycles. The number of carbonyl (C=O) groups excluding carboxylic acids is 1. The molecule has 2 aromatic carbocycles. The van der Waals surface area contributed by atoms with Crippen molar-refractivity contribution >= 4 is 43.3 Å². The summed E-state index contributed by atoms with van der Waals surface area (Å²) >= 11 is 0. The molecule has 1 heterocycles. The van der Waals surface area contributed by atoms with E-state index in [1.807, 2.05) is 0 Å². The molecule has 0 spiro atoms. The fraction of sp³-hybridized carbons (Fsp3) is 0.125. The van der Waals surface area contributed by atoms with Crippen molar-refractivity contribution < 1.29 is 130 Å². The van der Waals surface area contributed by atoms with Crippen LogP contribution in [0.3, 0.4) is 0 Å². The Morgan fingerprint density at radius 3 is 1.74 bits per heavy atom. The number of rotatable bonds is 6. The van der Waals surface area contributed by atoms with Crippen molar-refractivity contribution in [1.82, 2.24) is 0 Å². The Labute approximate surface area is 260 Å². The first-order valence-electron chi connectivity index (χ1n) is 8.18. The molecule has 0 bridgehead atoms. The number of hydrogen-bond donors (Lipinski definition) is 1. The molecule has 0 radical (unpaired) electrons. The predicted molar refractivity (Wildman–Crippen MR) is 98.0 cm³/mol. The van der Waals surface area contributed by atoms with E-state index in [4.69, 9.17) is 0 Å². The third-order valence-electron chi connectivity index (χ3n) is 4.05. The number of hydrogen-bond acceptors (Lipinski definition) is 13. The summed E-state index contributed by atoms with van der Waals surface area (Å²) in [4.78, 5) is 10.3. The van der Waals surface area contributed by atoms with Crippen LogP contribution >= 0.6 is 0 Å². The first kappa shape index (κ1) is 33.8. The van der Waals surface area contributed by atoms with Gasteiger partial charge in [-0.1, -0.05) is 0 Å². The predicted octanol–water partition coefficient (Wildman–Crippen LogP) is -10.1. The van der Waals surface area contributed by atoms with Gasteiger partial charge in [0.2, 0.25) is 0 Å². The number of carboxylic acid groups (broad SMARTS) is 1. The van der Waals surface area contributed by atoms with Crippen molar-refractivity contribution in [3.63, 3.8) is 0 Å². The summed E-state index contributed by atoms with van der Waals surface area (Å²) in [5.74, 6) is -1.75. The first-order valence-corrected chi connectivity index (χ1v) is 11.0. The number of aliphatic carboxylic acids is 1. The molecule has 0 saturated carbocycles. The Bertz CT molecular complexity index is 1290. The molecule has 164 valence electrons. The summed E-state index contributed by atoms with van der Waals surface area (Å²) in [5, 5.41) is 33.8. The second-order valence-electron chi connectivity index (χ2n) is 6.09. The molecule has 1 aliphatic rings. The number of hydrazone groups is 1. The maximum absolute atomic E-state index is 11.4. The number of anilines is 1. The average Bonchev–Trinajstić information content (AvgIpc) is 3.02. The van der Waals surface area contributed by atoms with Crippen LogP contribution in [0.2, 0.25) is 0 Å². The minimum atomic E-state index is -4.70. The molecule has 13 nitrogen and oxygen atoms in total. The maximum Gasteiger partial charge on any atom is 1.00 e. The van der Waals surface area contributed by atoms with Crippen LogP contribution in [0.25, 0.3) is 0 Å². The van der Waals surface area contributed by atoms with E-state index >= 15 is 0 Å². The third kappa shape index (κ3) is 8.14. The van der Waals surface area contributed by atoms with Crippen LogP contribution in [0.1, 0.15) is 0 Å². The minimum absolute atomic E-state index is 0. The standard InChI is InChI=1S/C16H14N4O9S2.3Na/c21-15-13(18-17-9-1-5-11(6-2-9)30(24,25)26)14(16(22)23)19-20(15)10-3-7-12(8-4-10)31(27,28)29;;;/h1-8,13,15,21H,(H,22,23)(H,24,25,26)(H,27,28,29);;;/q;3*+1/p-3. The molecule has 2 atom stereocenters. The van der Waals surface area contributed by atoms with E-state index < -0.39 is 54.0 Å². The topological polar surface area (TPSA) is 215 Å². The van der Waals surface area contributed by atoms with E-state index in [0.29, 0.717) is 0 Å². The second-order valence-corrected chi connectivity index (χ2v) is 8.85. The molecule has 2 aromatic rings. The fourth-order valence-electron chi connectivity index (χ4n) is 2.57. The summed E-state index contributed by atoms with van der Waals surface area (Å²) in [6.45, 7) is 0. The van der Waals surface area contributed by atoms with Gasteiger partial charge in [-0.2, -0.15) is 15.3 Å². The molecule has 3 rings (SSSR count). The Kier molecular flexibility index (Phi) is 13.3. The quantitative estimate of drug-likeness (QED) is 0.209. The zero-order valence-corrected chi connectivity index (χ0v) is 25.7. The Morgan fingerprint density at radius 2 is 1.32 bits per heavy atom. The summed E-state index contributed by atoms with van der Waals surface area (Å²) in [7, 11) is -9.37. The maximum atomic E-state index is 11.4. The molecular weight excluding hydrogens is 525 g/mol. The molecule has 2 unspecified atom stereocenters. The summed E-state index contributed by atoms with van der Waals surface area (Å²) in [6.07, 6.45) is -1.67. The van der Waals surface area contributed by atoms with E-state index in [1.165, 1.54) is 0 Å². The van der Waals surface area contributed by atoms with Gasteiger partial charge in [-0.3, -0.25) is 0 Å². The molecule has 1 N–H and O–H groups in total. The Balaban J connectivity index is 0.00000363. The van der Waals surface area contributed by atoms with Crippen LogP contribution in [0.4, 0.5) is 11.4 Å². The molecule has 18 heteroatoms. The van der Waals surface area contributed by atoms with E-state index in [1.54, 1.807) is 0 Å². The van der Waals surface area contributed by atoms with Crippen molar-refractivity contribution in [2.24, 2.45) is 15.3 Å². The number of nitrogens with zero attached hydrogens (tertiary/aromatic N) is 4. The summed E-state index contributed by atoms with van der Waals surface area (Å²) in [5.41, 5.74) is -0.572. The number of carboxylic acids is 1. The van der Waals surface area contributed by atoms with Gasteiger partial charge in [-0.25, -0.2) is 21.8 Å². The van der Waals surface area contributed by atoms with E-state index in [0.717, 1.165) is 53.5 Å². The number of aliphatic hydroxyl groups excluding tert-OH is 1.